The lowest BCUT2D eigenvalue weighted by atomic mass is 10.1. The number of anilines is 2. The maximum absolute atomic E-state index is 12.3. The van der Waals surface area contributed by atoms with E-state index in [1.165, 1.54) is 38.3 Å². The number of hydrogen-bond acceptors (Lipinski definition) is 9. The van der Waals surface area contributed by atoms with Crippen LogP contribution in [0.1, 0.15) is 22.6 Å². The molecule has 2 rings (SSSR count). The lowest BCUT2D eigenvalue weighted by molar-refractivity contribution is -0.154. The number of ether oxygens (including phenoxy) is 2. The molecule has 1 amide bonds. The Morgan fingerprint density at radius 2 is 1.84 bits per heavy atom. The van der Waals surface area contributed by atoms with Crippen molar-refractivity contribution >= 4 is 23.5 Å². The number of aromatic nitrogens is 3. The fraction of sp³-hybridized carbons (Fsp3) is 0.389. The van der Waals surface area contributed by atoms with Crippen molar-refractivity contribution in [1.82, 2.24) is 20.3 Å². The number of esters is 1. The smallest absolute Gasteiger partial charge is 0.422 e. The SMILES string of the molecule is COC(=O)[C@H](CCN)NC(=O)c1ccc(Nc2nc(C)nc(OCC(F)(F)F)n2)cc1. The minimum absolute atomic E-state index is 0.0319. The Morgan fingerprint density at radius 1 is 1.16 bits per heavy atom. The van der Waals surface area contributed by atoms with E-state index >= 15 is 0 Å². The topological polar surface area (TPSA) is 141 Å². The van der Waals surface area contributed by atoms with Crippen LogP contribution in [-0.4, -0.2) is 59.3 Å². The number of benzene rings is 1. The molecule has 0 fully saturated rings. The van der Waals surface area contributed by atoms with E-state index in [2.05, 4.69) is 35.1 Å². The van der Waals surface area contributed by atoms with E-state index in [-0.39, 0.29) is 30.3 Å². The van der Waals surface area contributed by atoms with Crippen LogP contribution in [0.5, 0.6) is 6.01 Å². The third kappa shape index (κ3) is 7.70. The van der Waals surface area contributed by atoms with Gasteiger partial charge in [0.05, 0.1) is 7.11 Å². The first-order chi connectivity index (χ1) is 14.6. The van der Waals surface area contributed by atoms with Crippen LogP contribution in [0.25, 0.3) is 0 Å². The van der Waals surface area contributed by atoms with Gasteiger partial charge in [0.25, 0.3) is 5.91 Å². The molecule has 4 N–H and O–H groups in total. The second kappa shape index (κ2) is 10.5. The lowest BCUT2D eigenvalue weighted by Gasteiger charge is -2.15. The van der Waals surface area contributed by atoms with E-state index in [9.17, 15) is 22.8 Å². The van der Waals surface area contributed by atoms with Gasteiger partial charge in [-0.3, -0.25) is 4.79 Å². The van der Waals surface area contributed by atoms with E-state index in [0.717, 1.165) is 0 Å². The van der Waals surface area contributed by atoms with Crippen molar-refractivity contribution in [1.29, 1.82) is 0 Å². The number of nitrogens with two attached hydrogens (primary N) is 1. The fourth-order valence-electron chi connectivity index (χ4n) is 2.36. The third-order valence-electron chi connectivity index (χ3n) is 3.74. The molecule has 0 aliphatic carbocycles. The molecular formula is C18H21F3N6O4. The van der Waals surface area contributed by atoms with Crippen molar-refractivity contribution < 1.29 is 32.2 Å². The molecule has 168 valence electrons. The first kappa shape index (κ1) is 23.8. The molecule has 1 aromatic heterocycles. The minimum atomic E-state index is -4.53. The van der Waals surface area contributed by atoms with Gasteiger partial charge in [0, 0.05) is 11.3 Å². The predicted octanol–water partition coefficient (Wildman–Crippen LogP) is 1.48. The number of rotatable bonds is 9. The summed E-state index contributed by atoms with van der Waals surface area (Å²) < 4.78 is 46.1. The van der Waals surface area contributed by atoms with Gasteiger partial charge in [0.1, 0.15) is 11.9 Å². The van der Waals surface area contributed by atoms with E-state index < -0.39 is 36.7 Å². The first-order valence-corrected chi connectivity index (χ1v) is 8.99. The van der Waals surface area contributed by atoms with Crippen LogP contribution in [0.3, 0.4) is 0 Å². The van der Waals surface area contributed by atoms with Gasteiger partial charge in [-0.25, -0.2) is 4.79 Å². The van der Waals surface area contributed by atoms with Gasteiger partial charge in [-0.15, -0.1) is 0 Å². The Morgan fingerprint density at radius 3 is 2.42 bits per heavy atom. The Bertz CT molecular complexity index is 908. The molecule has 0 aliphatic heterocycles. The summed E-state index contributed by atoms with van der Waals surface area (Å²) in [6, 6.07) is 4.66. The number of carbonyl (C=O) groups is 2. The summed E-state index contributed by atoms with van der Waals surface area (Å²) in [6.07, 6.45) is -4.31. The molecule has 31 heavy (non-hydrogen) atoms. The zero-order valence-electron chi connectivity index (χ0n) is 16.7. The summed E-state index contributed by atoms with van der Waals surface area (Å²) in [6.45, 7) is 0.124. The van der Waals surface area contributed by atoms with Crippen LogP contribution in [0.4, 0.5) is 24.8 Å². The fourth-order valence-corrected chi connectivity index (χ4v) is 2.36. The molecule has 13 heteroatoms. The summed E-state index contributed by atoms with van der Waals surface area (Å²) in [5, 5.41) is 5.33. The maximum Gasteiger partial charge on any atom is 0.422 e. The van der Waals surface area contributed by atoms with E-state index in [0.29, 0.717) is 5.69 Å². The van der Waals surface area contributed by atoms with Gasteiger partial charge in [0.15, 0.2) is 6.61 Å². The lowest BCUT2D eigenvalue weighted by Crippen LogP contribution is -2.42. The second-order valence-corrected chi connectivity index (χ2v) is 6.22. The van der Waals surface area contributed by atoms with Crippen molar-refractivity contribution in [3.8, 4) is 6.01 Å². The van der Waals surface area contributed by atoms with Gasteiger partial charge >= 0.3 is 18.2 Å². The number of nitrogens with zero attached hydrogens (tertiary/aromatic N) is 3. The molecule has 0 saturated heterocycles. The van der Waals surface area contributed by atoms with Gasteiger partial charge in [0.2, 0.25) is 5.95 Å². The van der Waals surface area contributed by atoms with Gasteiger partial charge in [-0.2, -0.15) is 28.1 Å². The standard InChI is InChI=1S/C18H21F3N6O4/c1-10-23-16(27-17(24-10)31-9-18(19,20)21)25-12-5-3-11(4-6-12)14(28)26-13(7-8-22)15(29)30-2/h3-6,13H,7-9,22H2,1-2H3,(H,26,28)(H,23,24,25,27)/t13-/m0/s1. The number of halogens is 3. The maximum atomic E-state index is 12.3. The number of alkyl halides is 3. The molecule has 0 unspecified atom stereocenters. The molecular weight excluding hydrogens is 421 g/mol. The summed E-state index contributed by atoms with van der Waals surface area (Å²) >= 11 is 0. The van der Waals surface area contributed by atoms with Crippen molar-refractivity contribution in [2.75, 3.05) is 25.6 Å². The number of aryl methyl sites for hydroxylation is 1. The molecule has 0 bridgehead atoms. The highest BCUT2D eigenvalue weighted by Crippen LogP contribution is 2.19. The zero-order valence-corrected chi connectivity index (χ0v) is 16.7. The Hall–Kier alpha value is -3.48. The molecule has 1 atom stereocenters. The first-order valence-electron chi connectivity index (χ1n) is 8.99. The van der Waals surface area contributed by atoms with Crippen LogP contribution in [0.2, 0.25) is 0 Å². The Balaban J connectivity index is 2.06. The minimum Gasteiger partial charge on any atom is -0.467 e. The molecule has 0 aliphatic rings. The predicted molar refractivity (Wildman–Crippen MR) is 103 cm³/mol. The van der Waals surface area contributed by atoms with Crippen LogP contribution in [0.15, 0.2) is 24.3 Å². The molecule has 10 nitrogen and oxygen atoms in total. The van der Waals surface area contributed by atoms with Crippen molar-refractivity contribution in [3.05, 3.63) is 35.7 Å². The monoisotopic (exact) mass is 442 g/mol. The highest BCUT2D eigenvalue weighted by molar-refractivity contribution is 5.97. The van der Waals surface area contributed by atoms with Crippen LogP contribution < -0.4 is 21.1 Å². The number of carbonyl (C=O) groups excluding carboxylic acids is 2. The summed E-state index contributed by atoms with van der Waals surface area (Å²) in [7, 11) is 1.21. The van der Waals surface area contributed by atoms with Crippen molar-refractivity contribution in [3.63, 3.8) is 0 Å². The normalized spacial score (nSPS) is 12.1. The second-order valence-electron chi connectivity index (χ2n) is 6.22. The quantitative estimate of drug-likeness (QED) is 0.492. The average Bonchev–Trinajstić information content (AvgIpc) is 2.71. The van der Waals surface area contributed by atoms with E-state index in [1.54, 1.807) is 0 Å². The number of methoxy groups -OCH3 is 1. The average molecular weight is 442 g/mol. The van der Waals surface area contributed by atoms with E-state index in [1.807, 2.05) is 0 Å². The van der Waals surface area contributed by atoms with Crippen molar-refractivity contribution in [2.24, 2.45) is 5.73 Å². The number of hydrogen-bond donors (Lipinski definition) is 3. The van der Waals surface area contributed by atoms with Gasteiger partial charge in [-0.05, 0) is 44.2 Å². The van der Waals surface area contributed by atoms with Gasteiger partial charge in [-0.1, -0.05) is 0 Å². The molecule has 0 spiro atoms. The van der Waals surface area contributed by atoms with Crippen molar-refractivity contribution in [2.45, 2.75) is 25.6 Å². The molecule has 1 heterocycles. The third-order valence-corrected chi connectivity index (χ3v) is 3.74. The highest BCUT2D eigenvalue weighted by Gasteiger charge is 2.29. The summed E-state index contributed by atoms with van der Waals surface area (Å²) in [5.74, 6) is -0.991. The van der Waals surface area contributed by atoms with Crippen LogP contribution >= 0.6 is 0 Å². The molecule has 0 radical (unpaired) electrons. The molecule has 2 aromatic rings. The Labute approximate surface area is 175 Å². The van der Waals surface area contributed by atoms with E-state index in [4.69, 9.17) is 5.73 Å². The zero-order chi connectivity index (χ0) is 23.0. The molecule has 0 saturated carbocycles. The van der Waals surface area contributed by atoms with Gasteiger partial charge < -0.3 is 25.8 Å². The van der Waals surface area contributed by atoms with Crippen LogP contribution in [-0.2, 0) is 9.53 Å². The molecule has 1 aromatic carbocycles. The van der Waals surface area contributed by atoms with Crippen LogP contribution in [0, 0.1) is 6.92 Å². The largest absolute Gasteiger partial charge is 0.467 e. The Kier molecular flexibility index (Phi) is 8.07. The summed E-state index contributed by atoms with van der Waals surface area (Å²) in [4.78, 5) is 35.5. The number of nitrogens with one attached hydrogen (secondary N) is 2. The number of amides is 1. The highest BCUT2D eigenvalue weighted by atomic mass is 19.4. The summed E-state index contributed by atoms with van der Waals surface area (Å²) in [5.41, 5.74) is 6.16.